The van der Waals surface area contributed by atoms with Gasteiger partial charge >= 0.3 is 0 Å². The number of aromatic nitrogens is 2. The van der Waals surface area contributed by atoms with Crippen molar-refractivity contribution in [2.45, 2.75) is 26.8 Å². The number of halogens is 1. The first-order chi connectivity index (χ1) is 12.3. The maximum absolute atomic E-state index is 12.3. The maximum atomic E-state index is 12.3. The molecule has 0 saturated carbocycles. The molecule has 2 amide bonds. The van der Waals surface area contributed by atoms with Crippen molar-refractivity contribution >= 4 is 39.9 Å². The van der Waals surface area contributed by atoms with Crippen molar-refractivity contribution < 1.29 is 14.3 Å². The van der Waals surface area contributed by atoms with Crippen LogP contribution in [-0.4, -0.2) is 41.0 Å². The van der Waals surface area contributed by atoms with Gasteiger partial charge in [0.15, 0.2) is 0 Å². The van der Waals surface area contributed by atoms with E-state index in [1.165, 1.54) is 11.3 Å². The van der Waals surface area contributed by atoms with E-state index >= 15 is 0 Å². The van der Waals surface area contributed by atoms with Crippen LogP contribution in [0.3, 0.4) is 0 Å². The summed E-state index contributed by atoms with van der Waals surface area (Å²) >= 11 is 7.02. The largest absolute Gasteiger partial charge is 0.497 e. The summed E-state index contributed by atoms with van der Waals surface area (Å²) in [6.45, 7) is 5.03. The summed E-state index contributed by atoms with van der Waals surface area (Å²) < 4.78 is 5.12. The van der Waals surface area contributed by atoms with Gasteiger partial charge in [0.25, 0.3) is 0 Å². The smallest absolute Gasteiger partial charge is 0.248 e. The summed E-state index contributed by atoms with van der Waals surface area (Å²) in [5.41, 5.74) is 0.120. The lowest BCUT2D eigenvalue weighted by Crippen LogP contribution is -2.47. The minimum atomic E-state index is -0.750. The molecule has 1 atom stereocenters. The Kier molecular flexibility index (Phi) is 6.55. The first-order valence-corrected chi connectivity index (χ1v) is 9.27. The topological polar surface area (TPSA) is 93.2 Å². The van der Waals surface area contributed by atoms with E-state index in [0.29, 0.717) is 10.1 Å². The predicted octanol–water partition coefficient (Wildman–Crippen LogP) is 2.92. The molecule has 1 unspecified atom stereocenters. The number of anilines is 1. The zero-order valence-electron chi connectivity index (χ0n) is 15.0. The highest BCUT2D eigenvalue weighted by Crippen LogP contribution is 2.27. The van der Waals surface area contributed by atoms with Crippen LogP contribution in [0.15, 0.2) is 24.3 Å². The molecule has 0 aliphatic rings. The van der Waals surface area contributed by atoms with Gasteiger partial charge in [-0.1, -0.05) is 11.3 Å². The van der Waals surface area contributed by atoms with Crippen molar-refractivity contribution in [3.8, 4) is 16.3 Å². The zero-order valence-corrected chi connectivity index (χ0v) is 16.6. The van der Waals surface area contributed by atoms with E-state index in [9.17, 15) is 9.59 Å². The molecular weight excluding hydrogens is 376 g/mol. The number of carbonyl (C=O) groups is 2. The number of nitrogens with zero attached hydrogens (tertiary/aromatic N) is 2. The van der Waals surface area contributed by atoms with Gasteiger partial charge in [-0.2, -0.15) is 0 Å². The lowest BCUT2D eigenvalue weighted by Gasteiger charge is -2.23. The number of methoxy groups -OCH3 is 1. The molecule has 0 aliphatic carbocycles. The molecule has 0 bridgehead atoms. The van der Waals surface area contributed by atoms with Gasteiger partial charge in [0.1, 0.15) is 16.8 Å². The van der Waals surface area contributed by atoms with Crippen LogP contribution < -0.4 is 15.4 Å². The Hall–Kier alpha value is -2.19. The van der Waals surface area contributed by atoms with Crippen LogP contribution in [0.5, 0.6) is 5.75 Å². The fourth-order valence-electron chi connectivity index (χ4n) is 1.86. The minimum Gasteiger partial charge on any atom is -0.497 e. The van der Waals surface area contributed by atoms with Crippen LogP contribution in [0.25, 0.3) is 10.6 Å². The van der Waals surface area contributed by atoms with Gasteiger partial charge in [0.2, 0.25) is 16.9 Å². The Labute approximate surface area is 161 Å². The van der Waals surface area contributed by atoms with Gasteiger partial charge in [-0.25, -0.2) is 0 Å². The molecule has 1 aromatic carbocycles. The van der Waals surface area contributed by atoms with E-state index in [-0.39, 0.29) is 17.7 Å². The molecule has 0 saturated heterocycles. The third-order valence-corrected chi connectivity index (χ3v) is 5.24. The second kappa shape index (κ2) is 8.46. The molecule has 0 spiro atoms. The average Bonchev–Trinajstić information content (AvgIpc) is 3.10. The highest BCUT2D eigenvalue weighted by molar-refractivity contribution is 7.18. The van der Waals surface area contributed by atoms with Crippen LogP contribution in [0, 0.1) is 5.41 Å². The SMILES string of the molecule is COc1ccc(-c2nnc(NC(=O)C(C)NC(=O)C(C)(C)CCl)s2)cc1. The fraction of sp³-hybridized carbons (Fsp3) is 0.412. The van der Waals surface area contributed by atoms with Crippen LogP contribution in [0.1, 0.15) is 20.8 Å². The summed E-state index contributed by atoms with van der Waals surface area (Å²) in [6, 6.07) is 6.65. The van der Waals surface area contributed by atoms with Crippen molar-refractivity contribution in [2.75, 3.05) is 18.3 Å². The number of hydrogen-bond donors (Lipinski definition) is 2. The lowest BCUT2D eigenvalue weighted by molar-refractivity contribution is -0.131. The first-order valence-electron chi connectivity index (χ1n) is 7.92. The molecule has 26 heavy (non-hydrogen) atoms. The van der Waals surface area contributed by atoms with Crippen molar-refractivity contribution in [3.63, 3.8) is 0 Å². The van der Waals surface area contributed by atoms with E-state index < -0.39 is 11.5 Å². The van der Waals surface area contributed by atoms with Crippen LogP contribution >= 0.6 is 22.9 Å². The van der Waals surface area contributed by atoms with E-state index in [4.69, 9.17) is 16.3 Å². The summed E-state index contributed by atoms with van der Waals surface area (Å²) in [6.07, 6.45) is 0. The number of benzene rings is 1. The fourth-order valence-corrected chi connectivity index (χ4v) is 2.73. The number of amides is 2. The van der Waals surface area contributed by atoms with Crippen molar-refractivity contribution in [2.24, 2.45) is 5.41 Å². The Morgan fingerprint density at radius 1 is 1.27 bits per heavy atom. The van der Waals surface area contributed by atoms with Crippen molar-refractivity contribution in [1.29, 1.82) is 0 Å². The maximum Gasteiger partial charge on any atom is 0.248 e. The Morgan fingerprint density at radius 2 is 1.92 bits per heavy atom. The van der Waals surface area contributed by atoms with Gasteiger partial charge in [-0.3, -0.25) is 14.9 Å². The average molecular weight is 397 g/mol. The highest BCUT2D eigenvalue weighted by atomic mass is 35.5. The highest BCUT2D eigenvalue weighted by Gasteiger charge is 2.29. The van der Waals surface area contributed by atoms with Crippen LogP contribution in [0.4, 0.5) is 5.13 Å². The molecule has 2 N–H and O–H groups in total. The quantitative estimate of drug-likeness (QED) is 0.702. The molecule has 0 radical (unpaired) electrons. The predicted molar refractivity (Wildman–Crippen MR) is 103 cm³/mol. The molecule has 0 fully saturated rings. The van der Waals surface area contributed by atoms with E-state index in [2.05, 4.69) is 20.8 Å². The Morgan fingerprint density at radius 3 is 2.50 bits per heavy atom. The van der Waals surface area contributed by atoms with Gasteiger partial charge < -0.3 is 10.1 Å². The standard InChI is InChI=1S/C17H21ClN4O3S/c1-10(19-15(24)17(2,3)9-18)13(23)20-16-22-21-14(26-16)11-5-7-12(25-4)8-6-11/h5-8,10H,9H2,1-4H3,(H,19,24)(H,20,22,23). The van der Waals surface area contributed by atoms with E-state index in [0.717, 1.165) is 11.3 Å². The van der Waals surface area contributed by atoms with Crippen LogP contribution in [0.2, 0.25) is 0 Å². The van der Waals surface area contributed by atoms with Crippen LogP contribution in [-0.2, 0) is 9.59 Å². The number of ether oxygens (including phenoxy) is 1. The van der Waals surface area contributed by atoms with Gasteiger partial charge in [-0.05, 0) is 45.0 Å². The van der Waals surface area contributed by atoms with E-state index in [1.807, 2.05) is 24.3 Å². The molecular formula is C17H21ClN4O3S. The number of alkyl halides is 1. The Balaban J connectivity index is 1.99. The number of nitrogens with one attached hydrogen (secondary N) is 2. The lowest BCUT2D eigenvalue weighted by atomic mass is 9.95. The summed E-state index contributed by atoms with van der Waals surface area (Å²) in [7, 11) is 1.60. The Bertz CT molecular complexity index is 777. The second-order valence-electron chi connectivity index (χ2n) is 6.34. The third-order valence-electron chi connectivity index (χ3n) is 3.68. The summed E-state index contributed by atoms with van der Waals surface area (Å²) in [5, 5.41) is 14.4. The van der Waals surface area contributed by atoms with Gasteiger partial charge in [0, 0.05) is 11.4 Å². The number of carbonyl (C=O) groups excluding carboxylic acids is 2. The van der Waals surface area contributed by atoms with Gasteiger partial charge in [-0.15, -0.1) is 21.8 Å². The van der Waals surface area contributed by atoms with Crippen molar-refractivity contribution in [1.82, 2.24) is 15.5 Å². The third kappa shape index (κ3) is 4.92. The molecule has 1 heterocycles. The molecule has 9 heteroatoms. The zero-order chi connectivity index (χ0) is 19.3. The van der Waals surface area contributed by atoms with Gasteiger partial charge in [0.05, 0.1) is 12.5 Å². The second-order valence-corrected chi connectivity index (χ2v) is 7.59. The molecule has 0 aliphatic heterocycles. The molecule has 2 aromatic rings. The molecule has 1 aromatic heterocycles. The minimum absolute atomic E-state index is 0.162. The molecule has 140 valence electrons. The first kappa shape index (κ1) is 20.1. The summed E-state index contributed by atoms with van der Waals surface area (Å²) in [4.78, 5) is 24.3. The number of hydrogen-bond acceptors (Lipinski definition) is 6. The summed E-state index contributed by atoms with van der Waals surface area (Å²) in [5.74, 6) is 0.248. The normalized spacial score (nSPS) is 12.3. The van der Waals surface area contributed by atoms with Crippen molar-refractivity contribution in [3.05, 3.63) is 24.3 Å². The number of rotatable bonds is 7. The molecule has 2 rings (SSSR count). The van der Waals surface area contributed by atoms with E-state index in [1.54, 1.807) is 27.9 Å². The molecule has 7 nitrogen and oxygen atoms in total. The monoisotopic (exact) mass is 396 g/mol.